The van der Waals surface area contributed by atoms with Crippen LogP contribution in [0.1, 0.15) is 11.4 Å². The molecule has 1 aromatic carbocycles. The predicted octanol–water partition coefficient (Wildman–Crippen LogP) is 2.57. The summed E-state index contributed by atoms with van der Waals surface area (Å²) in [6.45, 7) is 1.24. The highest BCUT2D eigenvalue weighted by atomic mass is 19.3. The Morgan fingerprint density at radius 1 is 1.40 bits per heavy atom. The number of ether oxygens (including phenoxy) is 1. The van der Waals surface area contributed by atoms with Gasteiger partial charge in [-0.25, -0.2) is 8.78 Å². The average molecular weight is 284 g/mol. The molecule has 0 atom stereocenters. The lowest BCUT2D eigenvalue weighted by Gasteiger charge is -2.02. The van der Waals surface area contributed by atoms with E-state index < -0.39 is 13.0 Å². The summed E-state index contributed by atoms with van der Waals surface area (Å²) in [7, 11) is 0. The van der Waals surface area contributed by atoms with Crippen LogP contribution < -0.4 is 0 Å². The van der Waals surface area contributed by atoms with Gasteiger partial charge in [0, 0.05) is 17.5 Å². The number of alkyl halides is 2. The first kappa shape index (κ1) is 14.4. The molecule has 1 N–H and O–H groups in total. The summed E-state index contributed by atoms with van der Waals surface area (Å²) in [6, 6.07) is 4.99. The minimum Gasteiger partial charge on any atom is -0.508 e. The summed E-state index contributed by atoms with van der Waals surface area (Å²) in [6.07, 6.45) is -2.19. The number of nitrogens with zero attached hydrogens (tertiary/aromatic N) is 2. The Bertz CT molecular complexity index is 572. The van der Waals surface area contributed by atoms with E-state index in [1.54, 1.807) is 25.1 Å². The van der Waals surface area contributed by atoms with Gasteiger partial charge in [0.05, 0.1) is 6.61 Å². The quantitative estimate of drug-likeness (QED) is 0.826. The minimum absolute atomic E-state index is 0.0995. The average Bonchev–Trinajstić information content (AvgIpc) is 2.86. The van der Waals surface area contributed by atoms with Gasteiger partial charge >= 0.3 is 0 Å². The Morgan fingerprint density at radius 2 is 2.20 bits per heavy atom. The number of benzene rings is 1. The van der Waals surface area contributed by atoms with E-state index in [-0.39, 0.29) is 24.7 Å². The number of hydrogen-bond acceptors (Lipinski definition) is 5. The van der Waals surface area contributed by atoms with E-state index in [4.69, 9.17) is 9.26 Å². The monoisotopic (exact) mass is 284 g/mol. The molecule has 0 unspecified atom stereocenters. The number of rotatable bonds is 6. The van der Waals surface area contributed by atoms with Crippen LogP contribution in [-0.4, -0.2) is 34.9 Å². The molecule has 2 aromatic rings. The number of phenols is 1. The van der Waals surface area contributed by atoms with Crippen molar-refractivity contribution in [1.82, 2.24) is 10.1 Å². The third-order valence-corrected chi connectivity index (χ3v) is 2.72. The summed E-state index contributed by atoms with van der Waals surface area (Å²) in [5.41, 5.74) is 1.27. The molecule has 20 heavy (non-hydrogen) atoms. The van der Waals surface area contributed by atoms with E-state index in [0.29, 0.717) is 17.0 Å². The lowest BCUT2D eigenvalue weighted by molar-refractivity contribution is 0.0182. The van der Waals surface area contributed by atoms with Crippen molar-refractivity contribution in [1.29, 1.82) is 0 Å². The van der Waals surface area contributed by atoms with Crippen LogP contribution in [0.3, 0.4) is 0 Å². The molecule has 0 radical (unpaired) electrons. The lowest BCUT2D eigenvalue weighted by Crippen LogP contribution is -2.07. The maximum Gasteiger partial charge on any atom is 0.261 e. The van der Waals surface area contributed by atoms with Crippen LogP contribution in [0.15, 0.2) is 22.7 Å². The van der Waals surface area contributed by atoms with Gasteiger partial charge in [0.2, 0.25) is 0 Å². The molecule has 0 bridgehead atoms. The van der Waals surface area contributed by atoms with Gasteiger partial charge in [-0.3, -0.25) is 0 Å². The third kappa shape index (κ3) is 3.51. The summed E-state index contributed by atoms with van der Waals surface area (Å²) >= 11 is 0. The minimum atomic E-state index is -2.48. The molecule has 0 aliphatic carbocycles. The molecule has 1 aromatic heterocycles. The van der Waals surface area contributed by atoms with Crippen molar-refractivity contribution in [3.63, 3.8) is 0 Å². The van der Waals surface area contributed by atoms with Crippen LogP contribution in [0.25, 0.3) is 11.5 Å². The summed E-state index contributed by atoms with van der Waals surface area (Å²) < 4.78 is 33.6. The zero-order chi connectivity index (χ0) is 14.5. The predicted molar refractivity (Wildman–Crippen MR) is 66.7 cm³/mol. The summed E-state index contributed by atoms with van der Waals surface area (Å²) in [4.78, 5) is 4.14. The van der Waals surface area contributed by atoms with Gasteiger partial charge in [-0.05, 0) is 19.1 Å². The fourth-order valence-corrected chi connectivity index (χ4v) is 1.66. The number of phenolic OH excluding ortho intramolecular Hbond substituents is 1. The molecule has 0 amide bonds. The standard InChI is InChI=1S/C13H14F2N2O3/c1-8-9(3-2-4-10(8)18)13-16-12(17-20-13)5-6-19-7-11(14)15/h2-4,11,18H,5-7H2,1H3. The van der Waals surface area contributed by atoms with E-state index in [1.165, 1.54) is 0 Å². The zero-order valence-corrected chi connectivity index (χ0v) is 10.8. The Kier molecular flexibility index (Phi) is 4.62. The van der Waals surface area contributed by atoms with Crippen molar-refractivity contribution in [2.45, 2.75) is 19.8 Å². The highest BCUT2D eigenvalue weighted by Gasteiger charge is 2.13. The van der Waals surface area contributed by atoms with Gasteiger partial charge in [0.1, 0.15) is 12.4 Å². The van der Waals surface area contributed by atoms with Gasteiger partial charge in [-0.2, -0.15) is 4.98 Å². The second-order valence-corrected chi connectivity index (χ2v) is 4.18. The van der Waals surface area contributed by atoms with Crippen LogP contribution in [0.4, 0.5) is 8.78 Å². The SMILES string of the molecule is Cc1c(O)cccc1-c1nc(CCOCC(F)F)no1. The van der Waals surface area contributed by atoms with Crippen LogP contribution in [0.5, 0.6) is 5.75 Å². The zero-order valence-electron chi connectivity index (χ0n) is 10.8. The first-order valence-corrected chi connectivity index (χ1v) is 6.05. The number of halogens is 2. The van der Waals surface area contributed by atoms with Gasteiger partial charge in [0.15, 0.2) is 5.82 Å². The first-order valence-electron chi connectivity index (χ1n) is 6.05. The smallest absolute Gasteiger partial charge is 0.261 e. The fraction of sp³-hybridized carbons (Fsp3) is 0.385. The maximum atomic E-state index is 11.9. The van der Waals surface area contributed by atoms with E-state index in [0.717, 1.165) is 0 Å². The highest BCUT2D eigenvalue weighted by molar-refractivity contribution is 5.61. The van der Waals surface area contributed by atoms with E-state index in [1.807, 2.05) is 0 Å². The molecule has 5 nitrogen and oxygen atoms in total. The van der Waals surface area contributed by atoms with Gasteiger partial charge in [0.25, 0.3) is 12.3 Å². The summed E-state index contributed by atoms with van der Waals surface area (Å²) in [5.74, 6) is 0.793. The molecule has 0 saturated heterocycles. The second kappa shape index (κ2) is 6.42. The Balaban J connectivity index is 2.00. The van der Waals surface area contributed by atoms with Crippen LogP contribution >= 0.6 is 0 Å². The second-order valence-electron chi connectivity index (χ2n) is 4.18. The van der Waals surface area contributed by atoms with Gasteiger partial charge in [-0.1, -0.05) is 11.2 Å². The lowest BCUT2D eigenvalue weighted by atomic mass is 10.1. The number of aromatic hydroxyl groups is 1. The maximum absolute atomic E-state index is 11.9. The van der Waals surface area contributed by atoms with E-state index in [2.05, 4.69) is 10.1 Å². The van der Waals surface area contributed by atoms with E-state index >= 15 is 0 Å². The summed E-state index contributed by atoms with van der Waals surface area (Å²) in [5, 5.41) is 13.4. The molecule has 108 valence electrons. The number of aromatic nitrogens is 2. The largest absolute Gasteiger partial charge is 0.508 e. The molecule has 0 aliphatic heterocycles. The molecule has 1 heterocycles. The molecular weight excluding hydrogens is 270 g/mol. The van der Waals surface area contributed by atoms with Crippen LogP contribution in [0, 0.1) is 6.92 Å². The van der Waals surface area contributed by atoms with Crippen molar-refractivity contribution in [2.75, 3.05) is 13.2 Å². The molecule has 0 spiro atoms. The Labute approximate surface area is 114 Å². The normalized spacial score (nSPS) is 11.2. The topological polar surface area (TPSA) is 68.4 Å². The first-order chi connectivity index (χ1) is 9.58. The van der Waals surface area contributed by atoms with E-state index in [9.17, 15) is 13.9 Å². The van der Waals surface area contributed by atoms with Crippen LogP contribution in [0.2, 0.25) is 0 Å². The fourth-order valence-electron chi connectivity index (χ4n) is 1.66. The molecule has 0 aliphatic rings. The van der Waals surface area contributed by atoms with Gasteiger partial charge < -0.3 is 14.4 Å². The highest BCUT2D eigenvalue weighted by Crippen LogP contribution is 2.27. The molecule has 7 heteroatoms. The number of hydrogen-bond donors (Lipinski definition) is 1. The molecule has 0 saturated carbocycles. The van der Waals surface area contributed by atoms with Crippen molar-refractivity contribution >= 4 is 0 Å². The van der Waals surface area contributed by atoms with Gasteiger partial charge in [-0.15, -0.1) is 0 Å². The van der Waals surface area contributed by atoms with Crippen molar-refractivity contribution in [2.24, 2.45) is 0 Å². The van der Waals surface area contributed by atoms with Crippen LogP contribution in [-0.2, 0) is 11.2 Å². The molecular formula is C13H14F2N2O3. The Hall–Kier alpha value is -2.02. The third-order valence-electron chi connectivity index (χ3n) is 2.72. The van der Waals surface area contributed by atoms with Crippen molar-refractivity contribution in [3.8, 4) is 17.2 Å². The Morgan fingerprint density at radius 3 is 2.95 bits per heavy atom. The van der Waals surface area contributed by atoms with Crippen molar-refractivity contribution in [3.05, 3.63) is 29.6 Å². The molecule has 0 fully saturated rings. The van der Waals surface area contributed by atoms with Crippen molar-refractivity contribution < 1.29 is 23.1 Å². The molecule has 2 rings (SSSR count).